The first kappa shape index (κ1) is 23.2. The second-order valence-electron chi connectivity index (χ2n) is 8.17. The van der Waals surface area contributed by atoms with Crippen molar-refractivity contribution >= 4 is 17.2 Å². The number of nitrogens with zero attached hydrogens (tertiary/aromatic N) is 5. The van der Waals surface area contributed by atoms with Crippen molar-refractivity contribution in [2.75, 3.05) is 12.4 Å². The number of hydrogen-bond donors (Lipinski definition) is 1. The number of methoxy groups -OCH3 is 1. The molecule has 3 heterocycles. The van der Waals surface area contributed by atoms with E-state index in [2.05, 4.69) is 20.5 Å². The largest absolute Gasteiger partial charge is 0.496 e. The molecule has 0 aliphatic carbocycles. The Morgan fingerprint density at radius 3 is 2.64 bits per heavy atom. The van der Waals surface area contributed by atoms with Gasteiger partial charge >= 0.3 is 0 Å². The van der Waals surface area contributed by atoms with Crippen molar-refractivity contribution in [3.05, 3.63) is 95.6 Å². The van der Waals surface area contributed by atoms with Gasteiger partial charge in [-0.3, -0.25) is 9.48 Å². The van der Waals surface area contributed by atoms with Crippen LogP contribution in [0.1, 0.15) is 33.6 Å². The summed E-state index contributed by atoms with van der Waals surface area (Å²) >= 11 is 0. The molecule has 0 atom stereocenters. The van der Waals surface area contributed by atoms with Crippen LogP contribution in [-0.2, 0) is 6.54 Å². The molecule has 0 saturated carbocycles. The second-order valence-corrected chi connectivity index (χ2v) is 8.17. The van der Waals surface area contributed by atoms with Gasteiger partial charge in [0.15, 0.2) is 5.65 Å². The van der Waals surface area contributed by atoms with E-state index in [1.54, 1.807) is 35.1 Å². The molecule has 3 aromatic heterocycles. The molecule has 1 N–H and O–H groups in total. The molecule has 0 unspecified atom stereocenters. The molecule has 0 bridgehead atoms. The molecular weight excluding hydrogens is 466 g/mol. The van der Waals surface area contributed by atoms with Crippen molar-refractivity contribution in [1.29, 1.82) is 0 Å². The molecule has 0 radical (unpaired) electrons. The predicted molar refractivity (Wildman–Crippen MR) is 130 cm³/mol. The number of rotatable bonds is 7. The maximum absolute atomic E-state index is 13.9. The fraction of sp³-hybridized carbons (Fsp3) is 0.154. The number of para-hydroxylation sites is 1. The zero-order chi connectivity index (χ0) is 25.2. The van der Waals surface area contributed by atoms with E-state index in [-0.39, 0.29) is 22.6 Å². The van der Waals surface area contributed by atoms with Gasteiger partial charge < -0.3 is 10.1 Å². The number of anilines is 1. The number of ether oxygens (including phenoxy) is 1. The van der Waals surface area contributed by atoms with Gasteiger partial charge in [-0.2, -0.15) is 10.2 Å². The monoisotopic (exact) mass is 488 g/mol. The Kier molecular flexibility index (Phi) is 6.16. The quantitative estimate of drug-likeness (QED) is 0.343. The van der Waals surface area contributed by atoms with E-state index in [4.69, 9.17) is 4.74 Å². The van der Waals surface area contributed by atoms with E-state index in [1.807, 2.05) is 31.2 Å². The van der Waals surface area contributed by atoms with E-state index in [0.717, 1.165) is 15.6 Å². The Labute approximate surface area is 205 Å². The van der Waals surface area contributed by atoms with Gasteiger partial charge in [-0.05, 0) is 36.2 Å². The van der Waals surface area contributed by atoms with E-state index >= 15 is 0 Å². The molecule has 0 saturated heterocycles. The highest BCUT2D eigenvalue weighted by molar-refractivity contribution is 6.08. The van der Waals surface area contributed by atoms with Crippen LogP contribution in [-0.4, -0.2) is 37.4 Å². The van der Waals surface area contributed by atoms with Gasteiger partial charge in [-0.1, -0.05) is 36.4 Å². The third kappa shape index (κ3) is 4.40. The summed E-state index contributed by atoms with van der Waals surface area (Å²) < 4.78 is 35.9. The first-order valence-electron chi connectivity index (χ1n) is 11.1. The normalized spacial score (nSPS) is 11.2. The molecule has 2 aromatic carbocycles. The van der Waals surface area contributed by atoms with E-state index in [1.165, 1.54) is 25.6 Å². The number of nitrogens with one attached hydrogen (secondary N) is 1. The zero-order valence-corrected chi connectivity index (χ0v) is 19.5. The van der Waals surface area contributed by atoms with Gasteiger partial charge in [0.25, 0.3) is 12.3 Å². The fourth-order valence-electron chi connectivity index (χ4n) is 3.97. The lowest BCUT2D eigenvalue weighted by atomic mass is 10.1. The summed E-state index contributed by atoms with van der Waals surface area (Å²) in [6.45, 7) is 2.56. The number of amides is 1. The van der Waals surface area contributed by atoms with Gasteiger partial charge in [-0.25, -0.2) is 18.3 Å². The molecule has 5 aromatic rings. The van der Waals surface area contributed by atoms with Crippen molar-refractivity contribution in [1.82, 2.24) is 24.4 Å². The summed E-state index contributed by atoms with van der Waals surface area (Å²) in [6.07, 6.45) is 1.63. The average Bonchev–Trinajstić information content (AvgIpc) is 3.51. The highest BCUT2D eigenvalue weighted by atomic mass is 19.3. The van der Waals surface area contributed by atoms with Gasteiger partial charge in [-0.15, -0.1) is 0 Å². The molecule has 1 amide bonds. The van der Waals surface area contributed by atoms with Crippen LogP contribution in [0, 0.1) is 6.92 Å². The standard InChI is InChI=1S/C26H22F2N6O2/c1-16-7-3-4-8-17(16)14-33-15-18(12-29-33)31-26(35)20-13-30-34-22(24(27)28)11-21(32-25(20)34)19-9-5-6-10-23(19)36-2/h3-13,15,24H,14H2,1-2H3,(H,31,35). The van der Waals surface area contributed by atoms with Gasteiger partial charge in [0.05, 0.1) is 37.4 Å². The number of alkyl halides is 2. The average molecular weight is 488 g/mol. The Hall–Kier alpha value is -4.60. The lowest BCUT2D eigenvalue weighted by molar-refractivity contribution is 0.102. The summed E-state index contributed by atoms with van der Waals surface area (Å²) in [6, 6.07) is 16.2. The smallest absolute Gasteiger partial charge is 0.280 e. The van der Waals surface area contributed by atoms with E-state index < -0.39 is 12.3 Å². The number of aromatic nitrogens is 5. The number of fused-ring (bicyclic) bond motifs is 1. The highest BCUT2D eigenvalue weighted by Crippen LogP contribution is 2.32. The predicted octanol–water partition coefficient (Wildman–Crippen LogP) is 5.15. The summed E-state index contributed by atoms with van der Waals surface area (Å²) in [5.41, 5.74) is 3.16. The SMILES string of the molecule is COc1ccccc1-c1cc(C(F)F)n2ncc(C(=O)Nc3cnn(Cc4ccccc4C)c3)c2n1. The number of hydrogen-bond acceptors (Lipinski definition) is 5. The first-order chi connectivity index (χ1) is 17.4. The van der Waals surface area contributed by atoms with Crippen LogP contribution in [0.15, 0.2) is 73.2 Å². The molecule has 0 aliphatic heterocycles. The maximum atomic E-state index is 13.9. The van der Waals surface area contributed by atoms with Crippen molar-refractivity contribution in [3.8, 4) is 17.0 Å². The molecule has 8 nitrogen and oxygen atoms in total. The lowest BCUT2D eigenvalue weighted by Crippen LogP contribution is -2.12. The molecule has 182 valence electrons. The summed E-state index contributed by atoms with van der Waals surface area (Å²) in [5, 5.41) is 11.1. The Morgan fingerprint density at radius 1 is 1.08 bits per heavy atom. The van der Waals surface area contributed by atoms with Gasteiger partial charge in [0.1, 0.15) is 17.0 Å². The summed E-state index contributed by atoms with van der Waals surface area (Å²) in [5.74, 6) is -0.0634. The lowest BCUT2D eigenvalue weighted by Gasteiger charge is -2.11. The van der Waals surface area contributed by atoms with Crippen LogP contribution in [0.3, 0.4) is 0 Å². The van der Waals surface area contributed by atoms with E-state index in [0.29, 0.717) is 23.5 Å². The van der Waals surface area contributed by atoms with Crippen LogP contribution in [0.5, 0.6) is 5.75 Å². The fourth-order valence-corrected chi connectivity index (χ4v) is 3.97. The third-order valence-corrected chi connectivity index (χ3v) is 5.84. The number of carbonyl (C=O) groups is 1. The van der Waals surface area contributed by atoms with Crippen molar-refractivity contribution in [3.63, 3.8) is 0 Å². The topological polar surface area (TPSA) is 86.3 Å². The minimum atomic E-state index is -2.83. The molecule has 0 fully saturated rings. The number of benzene rings is 2. The van der Waals surface area contributed by atoms with Gasteiger partial charge in [0.2, 0.25) is 0 Å². The van der Waals surface area contributed by atoms with Crippen molar-refractivity contribution in [2.45, 2.75) is 19.9 Å². The van der Waals surface area contributed by atoms with Gasteiger partial charge in [0, 0.05) is 11.8 Å². The summed E-state index contributed by atoms with van der Waals surface area (Å²) in [4.78, 5) is 17.6. The molecular formula is C26H22F2N6O2. The molecule has 10 heteroatoms. The minimum Gasteiger partial charge on any atom is -0.496 e. The van der Waals surface area contributed by atoms with Crippen LogP contribution in [0.25, 0.3) is 16.9 Å². The Balaban J connectivity index is 1.47. The molecule has 0 spiro atoms. The Bertz CT molecular complexity index is 1560. The van der Waals surface area contributed by atoms with Crippen LogP contribution in [0.4, 0.5) is 14.5 Å². The highest BCUT2D eigenvalue weighted by Gasteiger charge is 2.23. The number of carbonyl (C=O) groups excluding carboxylic acids is 1. The Morgan fingerprint density at radius 2 is 1.86 bits per heavy atom. The molecule has 36 heavy (non-hydrogen) atoms. The minimum absolute atomic E-state index is 0.0125. The number of halogens is 2. The number of aryl methyl sites for hydroxylation is 1. The second kappa shape index (κ2) is 9.57. The van der Waals surface area contributed by atoms with Crippen LogP contribution in [0.2, 0.25) is 0 Å². The van der Waals surface area contributed by atoms with Crippen molar-refractivity contribution in [2.24, 2.45) is 0 Å². The van der Waals surface area contributed by atoms with E-state index in [9.17, 15) is 13.6 Å². The summed E-state index contributed by atoms with van der Waals surface area (Å²) in [7, 11) is 1.49. The van der Waals surface area contributed by atoms with Crippen LogP contribution >= 0.6 is 0 Å². The maximum Gasteiger partial charge on any atom is 0.280 e. The van der Waals surface area contributed by atoms with Crippen molar-refractivity contribution < 1.29 is 18.3 Å². The first-order valence-corrected chi connectivity index (χ1v) is 11.1. The zero-order valence-electron chi connectivity index (χ0n) is 19.5. The molecule has 5 rings (SSSR count). The molecule has 0 aliphatic rings. The van der Waals surface area contributed by atoms with Crippen LogP contribution < -0.4 is 10.1 Å². The third-order valence-electron chi connectivity index (χ3n) is 5.84.